The summed E-state index contributed by atoms with van der Waals surface area (Å²) < 4.78 is 5.55. The third-order valence-corrected chi connectivity index (χ3v) is 3.98. The average Bonchev–Trinajstić information content (AvgIpc) is 2.54. The Balaban J connectivity index is 2.45. The molecule has 0 aliphatic heterocycles. The summed E-state index contributed by atoms with van der Waals surface area (Å²) in [6.07, 6.45) is 0.308. The van der Waals surface area contributed by atoms with Gasteiger partial charge in [0.2, 0.25) is 0 Å². The molecule has 3 nitrogen and oxygen atoms in total. The van der Waals surface area contributed by atoms with Crippen LogP contribution in [0.25, 0.3) is 11.1 Å². The van der Waals surface area contributed by atoms with E-state index in [-0.39, 0.29) is 11.1 Å². The fourth-order valence-corrected chi connectivity index (χ4v) is 2.62. The number of carbonyl (C=O) groups excluding carboxylic acids is 2. The van der Waals surface area contributed by atoms with Gasteiger partial charge in [-0.05, 0) is 5.56 Å². The van der Waals surface area contributed by atoms with Gasteiger partial charge in [0.25, 0.3) is 0 Å². The van der Waals surface area contributed by atoms with Crippen molar-refractivity contribution in [3.8, 4) is 16.9 Å². The molecule has 0 heterocycles. The summed E-state index contributed by atoms with van der Waals surface area (Å²) in [7, 11) is 0. The summed E-state index contributed by atoms with van der Waals surface area (Å²) in [5, 5.41) is 0.0397. The lowest BCUT2D eigenvalue weighted by atomic mass is 10.0. The Morgan fingerprint density at radius 3 is 2.41 bits per heavy atom. The molecule has 0 aliphatic carbocycles. The summed E-state index contributed by atoms with van der Waals surface area (Å²) in [5.74, 6) is 0.759. The number of para-hydroxylation sites is 1. The maximum Gasteiger partial charge on any atom is 0.310 e. The van der Waals surface area contributed by atoms with E-state index in [0.717, 1.165) is 16.7 Å². The molecule has 0 fully saturated rings. The van der Waals surface area contributed by atoms with Crippen LogP contribution >= 0.6 is 11.8 Å². The predicted octanol–water partition coefficient (Wildman–Crippen LogP) is 4.45. The highest BCUT2D eigenvalue weighted by molar-refractivity contribution is 8.12. The molecular formula is C18H18O3S. The molecule has 0 saturated heterocycles. The molecule has 0 bridgehead atoms. The van der Waals surface area contributed by atoms with E-state index in [1.165, 1.54) is 18.7 Å². The highest BCUT2D eigenvalue weighted by Crippen LogP contribution is 2.35. The first kappa shape index (κ1) is 16.3. The zero-order valence-corrected chi connectivity index (χ0v) is 13.5. The number of hydrogen-bond acceptors (Lipinski definition) is 4. The number of rotatable bonds is 5. The van der Waals surface area contributed by atoms with Gasteiger partial charge >= 0.3 is 5.97 Å². The Morgan fingerprint density at radius 2 is 1.77 bits per heavy atom. The maximum atomic E-state index is 11.8. The van der Waals surface area contributed by atoms with E-state index in [1.54, 1.807) is 6.92 Å². The molecule has 4 heteroatoms. The second-order valence-corrected chi connectivity index (χ2v) is 5.92. The monoisotopic (exact) mass is 314 g/mol. The molecule has 2 aromatic rings. The SMILES string of the molecule is CCC(=O)Oc1c(CSC(C)=O)cccc1-c1ccccc1. The van der Waals surface area contributed by atoms with Crippen molar-refractivity contribution < 1.29 is 14.3 Å². The molecule has 0 amide bonds. The third kappa shape index (κ3) is 4.21. The van der Waals surface area contributed by atoms with Gasteiger partial charge in [0, 0.05) is 30.2 Å². The fourth-order valence-electron chi connectivity index (χ4n) is 2.03. The van der Waals surface area contributed by atoms with Gasteiger partial charge in [-0.15, -0.1) is 0 Å². The zero-order valence-electron chi connectivity index (χ0n) is 12.7. The number of carbonyl (C=O) groups is 2. The molecule has 0 N–H and O–H groups in total. The molecule has 2 rings (SSSR count). The molecule has 0 aliphatic rings. The molecular weight excluding hydrogens is 296 g/mol. The van der Waals surface area contributed by atoms with Crippen molar-refractivity contribution in [1.82, 2.24) is 0 Å². The van der Waals surface area contributed by atoms with E-state index in [2.05, 4.69) is 0 Å². The second kappa shape index (κ2) is 7.80. The number of thioether (sulfide) groups is 1. The van der Waals surface area contributed by atoms with E-state index in [1.807, 2.05) is 48.5 Å². The van der Waals surface area contributed by atoms with Crippen molar-refractivity contribution in [1.29, 1.82) is 0 Å². The minimum atomic E-state index is -0.280. The number of esters is 1. The molecule has 0 radical (unpaired) electrons. The fraction of sp³-hybridized carbons (Fsp3) is 0.222. The van der Waals surface area contributed by atoms with Crippen molar-refractivity contribution in [2.75, 3.05) is 0 Å². The van der Waals surface area contributed by atoms with E-state index in [9.17, 15) is 9.59 Å². The quantitative estimate of drug-likeness (QED) is 0.604. The molecule has 114 valence electrons. The van der Waals surface area contributed by atoms with E-state index < -0.39 is 0 Å². The molecule has 0 saturated carbocycles. The van der Waals surface area contributed by atoms with Crippen LogP contribution in [0, 0.1) is 0 Å². The van der Waals surface area contributed by atoms with Crippen LogP contribution in [-0.2, 0) is 15.3 Å². The Hall–Kier alpha value is -2.07. The zero-order chi connectivity index (χ0) is 15.9. The van der Waals surface area contributed by atoms with Crippen LogP contribution in [-0.4, -0.2) is 11.1 Å². The van der Waals surface area contributed by atoms with Crippen LogP contribution in [0.3, 0.4) is 0 Å². The van der Waals surface area contributed by atoms with Crippen molar-refractivity contribution >= 4 is 22.8 Å². The molecule has 0 unspecified atom stereocenters. The van der Waals surface area contributed by atoms with Crippen LogP contribution in [0.15, 0.2) is 48.5 Å². The van der Waals surface area contributed by atoms with Gasteiger partial charge < -0.3 is 4.74 Å². The maximum absolute atomic E-state index is 11.8. The lowest BCUT2D eigenvalue weighted by molar-refractivity contribution is -0.134. The third-order valence-electron chi connectivity index (χ3n) is 3.12. The van der Waals surface area contributed by atoms with Crippen LogP contribution in [0.1, 0.15) is 25.8 Å². The average molecular weight is 314 g/mol. The van der Waals surface area contributed by atoms with Crippen molar-refractivity contribution in [2.24, 2.45) is 0 Å². The molecule has 0 atom stereocenters. The summed E-state index contributed by atoms with van der Waals surface area (Å²) >= 11 is 1.21. The molecule has 0 aromatic heterocycles. The Morgan fingerprint density at radius 1 is 1.05 bits per heavy atom. The lowest BCUT2D eigenvalue weighted by Crippen LogP contribution is -2.08. The first-order valence-corrected chi connectivity index (χ1v) is 8.11. The van der Waals surface area contributed by atoms with Gasteiger partial charge in [-0.2, -0.15) is 0 Å². The Bertz CT molecular complexity index is 665. The molecule has 22 heavy (non-hydrogen) atoms. The number of ether oxygens (including phenoxy) is 1. The number of hydrogen-bond donors (Lipinski definition) is 0. The predicted molar refractivity (Wildman–Crippen MR) is 89.8 cm³/mol. The highest BCUT2D eigenvalue weighted by atomic mass is 32.2. The van der Waals surface area contributed by atoms with Crippen LogP contribution < -0.4 is 4.74 Å². The standard InChI is InChI=1S/C18H18O3S/c1-3-17(20)21-18-15(12-22-13(2)19)10-7-11-16(18)14-8-5-4-6-9-14/h4-11H,3,12H2,1-2H3. The van der Waals surface area contributed by atoms with Crippen molar-refractivity contribution in [2.45, 2.75) is 26.0 Å². The topological polar surface area (TPSA) is 43.4 Å². The minimum absolute atomic E-state index is 0.0397. The van der Waals surface area contributed by atoms with Gasteiger partial charge in [0.1, 0.15) is 5.75 Å². The summed E-state index contributed by atoms with van der Waals surface area (Å²) in [6.45, 7) is 3.29. The van der Waals surface area contributed by atoms with Crippen LogP contribution in [0.2, 0.25) is 0 Å². The smallest absolute Gasteiger partial charge is 0.310 e. The normalized spacial score (nSPS) is 10.3. The van der Waals surface area contributed by atoms with Gasteiger partial charge in [-0.3, -0.25) is 9.59 Å². The van der Waals surface area contributed by atoms with Gasteiger partial charge in [-0.25, -0.2) is 0 Å². The Kier molecular flexibility index (Phi) is 5.78. The summed E-state index contributed by atoms with van der Waals surface area (Å²) in [4.78, 5) is 23.0. The Labute approximate surface area is 134 Å². The largest absolute Gasteiger partial charge is 0.426 e. The van der Waals surface area contributed by atoms with E-state index in [0.29, 0.717) is 17.9 Å². The summed E-state index contributed by atoms with van der Waals surface area (Å²) in [6, 6.07) is 15.5. The van der Waals surface area contributed by atoms with Crippen LogP contribution in [0.4, 0.5) is 0 Å². The first-order chi connectivity index (χ1) is 10.6. The highest BCUT2D eigenvalue weighted by Gasteiger charge is 2.15. The molecule has 0 spiro atoms. The van der Waals surface area contributed by atoms with Crippen LogP contribution in [0.5, 0.6) is 5.75 Å². The van der Waals surface area contributed by atoms with Crippen molar-refractivity contribution in [3.63, 3.8) is 0 Å². The first-order valence-electron chi connectivity index (χ1n) is 7.13. The summed E-state index contributed by atoms with van der Waals surface area (Å²) in [5.41, 5.74) is 2.70. The lowest BCUT2D eigenvalue weighted by Gasteiger charge is -2.14. The van der Waals surface area contributed by atoms with E-state index >= 15 is 0 Å². The van der Waals surface area contributed by atoms with Gasteiger partial charge in [0.05, 0.1) is 0 Å². The molecule has 2 aromatic carbocycles. The minimum Gasteiger partial charge on any atom is -0.426 e. The number of benzene rings is 2. The second-order valence-electron chi connectivity index (χ2n) is 4.77. The van der Waals surface area contributed by atoms with Crippen molar-refractivity contribution in [3.05, 3.63) is 54.1 Å². The van der Waals surface area contributed by atoms with Gasteiger partial charge in [0.15, 0.2) is 5.12 Å². The van der Waals surface area contributed by atoms with Gasteiger partial charge in [-0.1, -0.05) is 67.2 Å². The van der Waals surface area contributed by atoms with E-state index in [4.69, 9.17) is 4.74 Å².